The van der Waals surface area contributed by atoms with Crippen LogP contribution in [0.1, 0.15) is 57.9 Å². The van der Waals surface area contributed by atoms with Crippen LogP contribution in [-0.4, -0.2) is 63.1 Å². The van der Waals surface area contributed by atoms with Crippen LogP contribution in [-0.2, 0) is 16.6 Å². The SMILES string of the molecule is NC[C@]1(c2cccc(Cl)c2)CC[C@H](N2CCc3nc(C(N)=O)ncc3C2=O)CC1.O=C(O)C(F)(F)F. The van der Waals surface area contributed by atoms with Gasteiger partial charge in [0.2, 0.25) is 5.82 Å². The average molecular weight is 528 g/mol. The molecule has 1 saturated carbocycles. The number of aliphatic carboxylic acids is 1. The molecule has 0 spiro atoms. The van der Waals surface area contributed by atoms with Crippen LogP contribution in [0.5, 0.6) is 0 Å². The number of hydrogen-bond donors (Lipinski definition) is 3. The second-order valence-corrected chi connectivity index (χ2v) is 9.13. The predicted octanol–water partition coefficient (Wildman–Crippen LogP) is 2.70. The average Bonchev–Trinajstić information content (AvgIpc) is 2.84. The number of nitrogens with two attached hydrogens (primary N) is 2. The number of primary amides is 1. The van der Waals surface area contributed by atoms with Crippen molar-refractivity contribution in [2.45, 2.75) is 49.7 Å². The Bertz CT molecular complexity index is 1150. The maximum absolute atomic E-state index is 13.0. The quantitative estimate of drug-likeness (QED) is 0.552. The van der Waals surface area contributed by atoms with E-state index in [9.17, 15) is 22.8 Å². The normalized spacial score (nSPS) is 21.8. The molecule has 1 fully saturated rings. The zero-order chi connectivity index (χ0) is 26.7. The van der Waals surface area contributed by atoms with Gasteiger partial charge in [-0.15, -0.1) is 0 Å². The highest BCUT2D eigenvalue weighted by Crippen LogP contribution is 2.41. The molecular weight excluding hydrogens is 503 g/mol. The van der Waals surface area contributed by atoms with Gasteiger partial charge in [-0.25, -0.2) is 14.8 Å². The van der Waals surface area contributed by atoms with Gasteiger partial charge in [-0.2, -0.15) is 13.2 Å². The van der Waals surface area contributed by atoms with Gasteiger partial charge in [-0.3, -0.25) is 9.59 Å². The van der Waals surface area contributed by atoms with Crippen molar-refractivity contribution in [2.24, 2.45) is 11.5 Å². The number of benzene rings is 1. The third-order valence-corrected chi connectivity index (χ3v) is 6.83. The van der Waals surface area contributed by atoms with Gasteiger partial charge in [-0.1, -0.05) is 23.7 Å². The van der Waals surface area contributed by atoms with Gasteiger partial charge in [-0.05, 0) is 43.4 Å². The second kappa shape index (κ2) is 10.8. The Morgan fingerprint density at radius 2 is 1.89 bits per heavy atom. The van der Waals surface area contributed by atoms with Crippen molar-refractivity contribution in [1.82, 2.24) is 14.9 Å². The van der Waals surface area contributed by atoms with Crippen LogP contribution < -0.4 is 11.5 Å². The standard InChI is InChI=1S/C21H24ClN5O2.C2HF3O2/c22-14-3-1-2-13(10-14)21(12-23)7-4-15(5-8-21)27-9-6-17-16(20(27)29)11-25-19(26-17)18(24)28;3-2(4,5)1(6)7/h1-3,10-11,15H,4-9,12,23H2,(H2,24,28);(H,6,7)/t15-,21-;. The molecule has 2 heterocycles. The number of rotatable bonds is 4. The zero-order valence-corrected chi connectivity index (χ0v) is 19.8. The molecule has 1 aliphatic carbocycles. The number of carboxylic acid groups (broad SMARTS) is 1. The number of aromatic nitrogens is 2. The first-order valence-corrected chi connectivity index (χ1v) is 11.5. The molecule has 13 heteroatoms. The molecule has 1 aromatic carbocycles. The van der Waals surface area contributed by atoms with E-state index in [1.807, 2.05) is 23.1 Å². The first-order valence-electron chi connectivity index (χ1n) is 11.1. The van der Waals surface area contributed by atoms with E-state index in [4.69, 9.17) is 33.0 Å². The van der Waals surface area contributed by atoms with Gasteiger partial charge in [0.1, 0.15) is 0 Å². The van der Waals surface area contributed by atoms with Crippen LogP contribution in [0.2, 0.25) is 5.02 Å². The van der Waals surface area contributed by atoms with Gasteiger partial charge >= 0.3 is 12.1 Å². The fourth-order valence-corrected chi connectivity index (χ4v) is 4.82. The van der Waals surface area contributed by atoms with E-state index in [1.165, 1.54) is 11.8 Å². The van der Waals surface area contributed by atoms with Crippen molar-refractivity contribution in [1.29, 1.82) is 0 Å². The molecule has 0 saturated heterocycles. The van der Waals surface area contributed by atoms with Crippen LogP contribution in [0.4, 0.5) is 13.2 Å². The molecule has 2 aromatic rings. The first kappa shape index (κ1) is 27.3. The van der Waals surface area contributed by atoms with Gasteiger partial charge in [0.05, 0.1) is 11.3 Å². The lowest BCUT2D eigenvalue weighted by atomic mass is 9.68. The van der Waals surface area contributed by atoms with Crippen molar-refractivity contribution < 1.29 is 32.7 Å². The monoisotopic (exact) mass is 527 g/mol. The van der Waals surface area contributed by atoms with E-state index in [-0.39, 0.29) is 23.2 Å². The summed E-state index contributed by atoms with van der Waals surface area (Å²) < 4.78 is 31.7. The molecule has 0 bridgehead atoms. The molecule has 0 radical (unpaired) electrons. The number of amides is 2. The highest BCUT2D eigenvalue weighted by atomic mass is 35.5. The number of alkyl halides is 3. The Labute approximate surface area is 209 Å². The highest BCUT2D eigenvalue weighted by molar-refractivity contribution is 6.30. The van der Waals surface area contributed by atoms with Crippen LogP contribution in [0, 0.1) is 0 Å². The van der Waals surface area contributed by atoms with Gasteiger partial charge in [0, 0.05) is 42.2 Å². The van der Waals surface area contributed by atoms with E-state index < -0.39 is 18.1 Å². The highest BCUT2D eigenvalue weighted by Gasteiger charge is 2.40. The number of carbonyl (C=O) groups is 3. The first-order chi connectivity index (χ1) is 16.9. The van der Waals surface area contributed by atoms with Crippen LogP contribution in [0.3, 0.4) is 0 Å². The smallest absolute Gasteiger partial charge is 0.475 e. The predicted molar refractivity (Wildman–Crippen MR) is 123 cm³/mol. The lowest BCUT2D eigenvalue weighted by Gasteiger charge is -2.44. The molecular formula is C23H25ClF3N5O4. The van der Waals surface area contributed by atoms with Gasteiger partial charge in [0.15, 0.2) is 0 Å². The molecule has 1 aliphatic heterocycles. The summed E-state index contributed by atoms with van der Waals surface area (Å²) in [7, 11) is 0. The lowest BCUT2D eigenvalue weighted by Crippen LogP contribution is -2.50. The van der Waals surface area contributed by atoms with E-state index in [1.54, 1.807) is 0 Å². The topological polar surface area (TPSA) is 152 Å². The fourth-order valence-electron chi connectivity index (χ4n) is 4.63. The molecule has 5 N–H and O–H groups in total. The summed E-state index contributed by atoms with van der Waals surface area (Å²) in [5.41, 5.74) is 13.6. The van der Waals surface area contributed by atoms with E-state index in [0.717, 1.165) is 30.7 Å². The summed E-state index contributed by atoms with van der Waals surface area (Å²) in [6.07, 6.45) is 0.507. The number of hydrogen-bond acceptors (Lipinski definition) is 6. The largest absolute Gasteiger partial charge is 0.490 e. The Morgan fingerprint density at radius 3 is 2.42 bits per heavy atom. The van der Waals surface area contributed by atoms with Crippen molar-refractivity contribution >= 4 is 29.4 Å². The molecule has 1 aromatic heterocycles. The minimum absolute atomic E-state index is 0.0445. The second-order valence-electron chi connectivity index (χ2n) is 8.70. The summed E-state index contributed by atoms with van der Waals surface area (Å²) in [4.78, 5) is 43.2. The van der Waals surface area contributed by atoms with Gasteiger partial charge < -0.3 is 21.5 Å². The summed E-state index contributed by atoms with van der Waals surface area (Å²) in [5.74, 6) is -3.56. The van der Waals surface area contributed by atoms with Crippen LogP contribution >= 0.6 is 11.6 Å². The van der Waals surface area contributed by atoms with Crippen molar-refractivity contribution in [3.05, 3.63) is 58.1 Å². The Morgan fingerprint density at radius 1 is 1.25 bits per heavy atom. The van der Waals surface area contributed by atoms with Crippen LogP contribution in [0.15, 0.2) is 30.5 Å². The minimum atomic E-state index is -5.08. The van der Waals surface area contributed by atoms with Gasteiger partial charge in [0.25, 0.3) is 11.8 Å². The summed E-state index contributed by atoms with van der Waals surface area (Å²) in [5, 5.41) is 7.84. The zero-order valence-electron chi connectivity index (χ0n) is 19.1. The third kappa shape index (κ3) is 5.93. The molecule has 2 amide bonds. The fraction of sp³-hybridized carbons (Fsp3) is 0.435. The molecule has 9 nitrogen and oxygen atoms in total. The maximum atomic E-state index is 13.0. The summed E-state index contributed by atoms with van der Waals surface area (Å²) >= 11 is 6.20. The third-order valence-electron chi connectivity index (χ3n) is 6.59. The number of carboxylic acids is 1. The number of carbonyl (C=O) groups excluding carboxylic acids is 2. The van der Waals surface area contributed by atoms with E-state index in [2.05, 4.69) is 16.0 Å². The summed E-state index contributed by atoms with van der Waals surface area (Å²) in [6.45, 7) is 1.14. The molecule has 0 unspecified atom stereocenters. The number of nitrogens with zero attached hydrogens (tertiary/aromatic N) is 3. The molecule has 194 valence electrons. The summed E-state index contributed by atoms with van der Waals surface area (Å²) in [6, 6.07) is 8.09. The minimum Gasteiger partial charge on any atom is -0.475 e. The van der Waals surface area contributed by atoms with E-state index in [0.29, 0.717) is 30.8 Å². The Balaban J connectivity index is 0.000000454. The molecule has 0 atom stereocenters. The van der Waals surface area contributed by atoms with E-state index >= 15 is 0 Å². The van der Waals surface area contributed by atoms with Crippen molar-refractivity contribution in [3.63, 3.8) is 0 Å². The van der Waals surface area contributed by atoms with Crippen molar-refractivity contribution in [2.75, 3.05) is 13.1 Å². The molecule has 4 rings (SSSR count). The van der Waals surface area contributed by atoms with Crippen LogP contribution in [0.25, 0.3) is 0 Å². The Hall–Kier alpha value is -3.25. The van der Waals surface area contributed by atoms with Crippen molar-refractivity contribution in [3.8, 4) is 0 Å². The number of fused-ring (bicyclic) bond motifs is 1. The maximum Gasteiger partial charge on any atom is 0.490 e. The molecule has 36 heavy (non-hydrogen) atoms. The Kier molecular flexibility index (Phi) is 8.19. The lowest BCUT2D eigenvalue weighted by molar-refractivity contribution is -0.192. The molecule has 2 aliphatic rings. The number of halogens is 4.